The van der Waals surface area contributed by atoms with E-state index < -0.39 is 0 Å². The molecule has 286 valence electrons. The molecule has 8 nitrogen and oxygen atoms in total. The second kappa shape index (κ2) is 34.5. The highest BCUT2D eigenvalue weighted by molar-refractivity contribution is 8.76. The van der Waals surface area contributed by atoms with Crippen LogP contribution in [0.5, 0.6) is 0 Å². The largest absolute Gasteiger partial charge is 0.396 e. The summed E-state index contributed by atoms with van der Waals surface area (Å²) in [4.78, 5) is 23.6. The third-order valence-electron chi connectivity index (χ3n) is 6.80. The average Bonchev–Trinajstić information content (AvgIpc) is 3.65. The van der Waals surface area contributed by atoms with Gasteiger partial charge >= 0.3 is 0 Å². The zero-order valence-electron chi connectivity index (χ0n) is 31.5. The average molecular weight is 751 g/mol. The maximum absolute atomic E-state index is 11.9. The summed E-state index contributed by atoms with van der Waals surface area (Å²) in [5, 5.41) is 21.9. The molecule has 0 aliphatic rings. The number of carbonyl (C=O) groups is 2. The number of rotatable bonds is 27. The van der Waals surface area contributed by atoms with Crippen LogP contribution >= 0.6 is 21.6 Å². The first-order valence-corrected chi connectivity index (χ1v) is 20.9. The summed E-state index contributed by atoms with van der Waals surface area (Å²) >= 11 is 0. The maximum atomic E-state index is 11.9. The molecule has 2 rings (SSSR count). The van der Waals surface area contributed by atoms with Crippen LogP contribution in [-0.2, 0) is 4.79 Å². The summed E-state index contributed by atoms with van der Waals surface area (Å²) in [5.41, 5.74) is 1.15. The van der Waals surface area contributed by atoms with E-state index in [2.05, 4.69) is 115 Å². The lowest BCUT2D eigenvalue weighted by Crippen LogP contribution is -2.32. The molecule has 0 fully saturated rings. The summed E-state index contributed by atoms with van der Waals surface area (Å²) in [7, 11) is 3.68. The van der Waals surface area contributed by atoms with E-state index in [1.54, 1.807) is 6.07 Å². The highest BCUT2D eigenvalue weighted by Crippen LogP contribution is 2.25. The van der Waals surface area contributed by atoms with Crippen molar-refractivity contribution in [3.05, 3.63) is 115 Å². The minimum absolute atomic E-state index is 0.148. The standard InChI is InChI=1S/C27H43NOS2.C15H19N3O3/c1-4-5-6-7-8-9-10-11-12-13-14-15-16-17-18-19-20-21-22-23-27(29)28-24-25-30-31-26(2)3;19-10-4-7-16-8-9-17-15(20)13-11-14(21-18-13)12-5-2-1-3-6-12/h5-6,8-9,11-12,14-15,17-18,20-21,26H,4,7,10,13,16,19,22-25H2,1-3H3,(H,28,29);1-3,5-6,11,16,19H,4,7-10H2,(H,17,20)/b6-5-,9-8-,12-11-,15-14-,18-17-,21-20-;. The van der Waals surface area contributed by atoms with Gasteiger partial charge < -0.3 is 25.6 Å². The van der Waals surface area contributed by atoms with E-state index in [-0.39, 0.29) is 24.1 Å². The molecule has 1 aromatic carbocycles. The Morgan fingerprint density at radius 3 is 1.96 bits per heavy atom. The van der Waals surface area contributed by atoms with Crippen LogP contribution in [0.25, 0.3) is 11.3 Å². The Balaban J connectivity index is 0.000000556. The van der Waals surface area contributed by atoms with Gasteiger partial charge in [0, 0.05) is 55.3 Å². The van der Waals surface area contributed by atoms with Gasteiger partial charge in [-0.1, -0.05) is 151 Å². The zero-order chi connectivity index (χ0) is 37.7. The first kappa shape index (κ1) is 46.5. The Bertz CT molecular complexity index is 1350. The van der Waals surface area contributed by atoms with Crippen LogP contribution in [0.3, 0.4) is 0 Å². The summed E-state index contributed by atoms with van der Waals surface area (Å²) in [5.74, 6) is 1.43. The second-order valence-corrected chi connectivity index (χ2v) is 14.9. The molecule has 0 saturated carbocycles. The summed E-state index contributed by atoms with van der Waals surface area (Å²) in [6, 6.07) is 11.1. The van der Waals surface area contributed by atoms with E-state index in [0.717, 1.165) is 69.4 Å². The SMILES string of the molecule is CC/C=C\C/C=C\C/C=C\C/C=C\C/C=C\C/C=C\CCC(=O)NCCSSC(C)C.O=C(NCCNCCCO)c1cc(-c2ccccc2)on1. The second-order valence-electron chi connectivity index (χ2n) is 11.8. The van der Waals surface area contributed by atoms with Gasteiger partial charge in [-0.15, -0.1) is 0 Å². The van der Waals surface area contributed by atoms with Crippen molar-refractivity contribution in [2.24, 2.45) is 0 Å². The van der Waals surface area contributed by atoms with E-state index in [1.165, 1.54) is 0 Å². The third-order valence-corrected chi connectivity index (χ3v) is 9.76. The van der Waals surface area contributed by atoms with Crippen LogP contribution < -0.4 is 16.0 Å². The highest BCUT2D eigenvalue weighted by Gasteiger charge is 2.12. The number of aliphatic hydroxyl groups excluding tert-OH is 1. The van der Waals surface area contributed by atoms with Crippen LogP contribution in [0.1, 0.15) is 89.0 Å². The normalized spacial score (nSPS) is 11.9. The smallest absolute Gasteiger partial charge is 0.273 e. The van der Waals surface area contributed by atoms with E-state index in [0.29, 0.717) is 36.9 Å². The lowest BCUT2D eigenvalue weighted by Gasteiger charge is -2.05. The lowest BCUT2D eigenvalue weighted by atomic mass is 10.1. The molecule has 4 N–H and O–H groups in total. The predicted molar refractivity (Wildman–Crippen MR) is 224 cm³/mol. The van der Waals surface area contributed by atoms with Gasteiger partial charge in [0.1, 0.15) is 0 Å². The number of hydrogen-bond donors (Lipinski definition) is 4. The highest BCUT2D eigenvalue weighted by atomic mass is 33.1. The number of allylic oxidation sites excluding steroid dienone is 12. The molecular formula is C42H62N4O4S2. The number of aromatic nitrogens is 1. The molecule has 0 aliphatic heterocycles. The quantitative estimate of drug-likeness (QED) is 0.0406. The van der Waals surface area contributed by atoms with Crippen LogP contribution in [0.4, 0.5) is 0 Å². The van der Waals surface area contributed by atoms with Gasteiger partial charge in [0.15, 0.2) is 11.5 Å². The van der Waals surface area contributed by atoms with Crippen molar-refractivity contribution in [1.29, 1.82) is 0 Å². The molecule has 10 heteroatoms. The van der Waals surface area contributed by atoms with Crippen LogP contribution in [0.15, 0.2) is 114 Å². The van der Waals surface area contributed by atoms with E-state index >= 15 is 0 Å². The predicted octanol–water partition coefficient (Wildman–Crippen LogP) is 9.41. The number of nitrogens with one attached hydrogen (secondary N) is 3. The van der Waals surface area contributed by atoms with Crippen molar-refractivity contribution in [3.63, 3.8) is 0 Å². The Kier molecular flexibility index (Phi) is 30.8. The van der Waals surface area contributed by atoms with Gasteiger partial charge in [0.25, 0.3) is 5.91 Å². The number of benzene rings is 1. The fraction of sp³-hybridized carbons (Fsp3) is 0.452. The fourth-order valence-corrected chi connectivity index (χ4v) is 6.07. The van der Waals surface area contributed by atoms with Gasteiger partial charge in [-0.25, -0.2) is 0 Å². The van der Waals surface area contributed by atoms with Gasteiger partial charge in [0.05, 0.1) is 0 Å². The number of nitrogens with zero attached hydrogens (tertiary/aromatic N) is 1. The lowest BCUT2D eigenvalue weighted by molar-refractivity contribution is -0.120. The minimum Gasteiger partial charge on any atom is -0.396 e. The Hall–Kier alpha value is -3.57. The summed E-state index contributed by atoms with van der Waals surface area (Å²) in [6.45, 7) is 9.32. The molecule has 0 bridgehead atoms. The molecule has 2 aromatic rings. The molecular weight excluding hydrogens is 689 g/mol. The molecule has 0 saturated heterocycles. The van der Waals surface area contributed by atoms with Gasteiger partial charge in [-0.2, -0.15) is 0 Å². The molecule has 52 heavy (non-hydrogen) atoms. The summed E-state index contributed by atoms with van der Waals surface area (Å²) in [6.07, 6.45) is 34.5. The minimum atomic E-state index is -0.259. The van der Waals surface area contributed by atoms with Crippen molar-refractivity contribution in [1.82, 2.24) is 21.1 Å². The first-order chi connectivity index (χ1) is 25.5. The van der Waals surface area contributed by atoms with Crippen molar-refractivity contribution in [2.75, 3.05) is 38.5 Å². The first-order valence-electron chi connectivity index (χ1n) is 18.5. The molecule has 2 amide bonds. The van der Waals surface area contributed by atoms with Crippen LogP contribution in [0, 0.1) is 0 Å². The van der Waals surface area contributed by atoms with E-state index in [1.807, 2.05) is 51.9 Å². The Morgan fingerprint density at radius 2 is 1.38 bits per heavy atom. The fourth-order valence-electron chi connectivity index (χ4n) is 4.16. The molecule has 0 radical (unpaired) electrons. The zero-order valence-corrected chi connectivity index (χ0v) is 33.1. The van der Waals surface area contributed by atoms with E-state index in [9.17, 15) is 9.59 Å². The monoisotopic (exact) mass is 750 g/mol. The van der Waals surface area contributed by atoms with Crippen LogP contribution in [-0.4, -0.2) is 65.9 Å². The molecule has 0 aliphatic carbocycles. The van der Waals surface area contributed by atoms with Gasteiger partial charge in [0.2, 0.25) is 5.91 Å². The number of amides is 2. The molecule has 0 spiro atoms. The van der Waals surface area contributed by atoms with Crippen LogP contribution in [0.2, 0.25) is 0 Å². The van der Waals surface area contributed by atoms with Crippen molar-refractivity contribution in [3.8, 4) is 11.3 Å². The number of carbonyl (C=O) groups excluding carboxylic acids is 2. The van der Waals surface area contributed by atoms with Crippen molar-refractivity contribution < 1.29 is 19.2 Å². The Labute approximate surface area is 321 Å². The third kappa shape index (κ3) is 28.1. The molecule has 1 aromatic heterocycles. The Morgan fingerprint density at radius 1 is 0.788 bits per heavy atom. The maximum Gasteiger partial charge on any atom is 0.273 e. The van der Waals surface area contributed by atoms with E-state index in [4.69, 9.17) is 9.63 Å². The number of aliphatic hydroxyl groups is 1. The topological polar surface area (TPSA) is 116 Å². The summed E-state index contributed by atoms with van der Waals surface area (Å²) < 4.78 is 5.18. The van der Waals surface area contributed by atoms with Gasteiger partial charge in [-0.05, 0) is 57.9 Å². The van der Waals surface area contributed by atoms with Crippen molar-refractivity contribution in [2.45, 2.75) is 83.8 Å². The van der Waals surface area contributed by atoms with Crippen molar-refractivity contribution >= 4 is 33.4 Å². The van der Waals surface area contributed by atoms with Gasteiger partial charge in [-0.3, -0.25) is 9.59 Å². The molecule has 0 unspecified atom stereocenters. The molecule has 1 heterocycles. The molecule has 0 atom stereocenters. The number of hydrogen-bond acceptors (Lipinski definition) is 8.